The van der Waals surface area contributed by atoms with Crippen molar-refractivity contribution in [3.8, 4) is 0 Å². The molecule has 2 fully saturated rings. The van der Waals surface area contributed by atoms with Gasteiger partial charge in [0.15, 0.2) is 0 Å². The van der Waals surface area contributed by atoms with E-state index in [1.165, 1.54) is 0 Å². The van der Waals surface area contributed by atoms with Crippen LogP contribution in [-0.4, -0.2) is 52.4 Å². The predicted molar refractivity (Wildman–Crippen MR) is 75.2 cm³/mol. The zero-order valence-corrected chi connectivity index (χ0v) is 11.9. The molecule has 2 heterocycles. The van der Waals surface area contributed by atoms with Crippen LogP contribution in [0.25, 0.3) is 0 Å². The second-order valence-corrected chi connectivity index (χ2v) is 6.40. The lowest BCUT2D eigenvalue weighted by Gasteiger charge is -2.37. The first-order chi connectivity index (χ1) is 9.04. The third-order valence-electron chi connectivity index (χ3n) is 4.85. The maximum Gasteiger partial charge on any atom is 0.346 e. The molecule has 0 aromatic heterocycles. The van der Waals surface area contributed by atoms with Crippen molar-refractivity contribution < 1.29 is 4.79 Å². The second kappa shape index (κ2) is 4.47. The lowest BCUT2D eigenvalue weighted by molar-refractivity contribution is 0.151. The highest BCUT2D eigenvalue weighted by molar-refractivity contribution is 6.06. The average Bonchev–Trinajstić information content (AvgIpc) is 3.13. The number of nitrogens with two attached hydrogens (primary N) is 1. The molecule has 1 saturated heterocycles. The van der Waals surface area contributed by atoms with E-state index >= 15 is 0 Å². The van der Waals surface area contributed by atoms with Gasteiger partial charge >= 0.3 is 6.03 Å². The molecule has 5 nitrogen and oxygen atoms in total. The van der Waals surface area contributed by atoms with E-state index in [1.54, 1.807) is 0 Å². The number of nitrogens with zero attached hydrogens (tertiary/aromatic N) is 3. The molecular weight excluding hydrogens is 240 g/mol. The van der Waals surface area contributed by atoms with E-state index in [1.807, 2.05) is 4.90 Å². The van der Waals surface area contributed by atoms with Gasteiger partial charge in [0.25, 0.3) is 0 Å². The standard InChI is InChI=1S/C14H24N4O/c1-10(2)17-8-3-6-14(7-9-17)12(15)16-13(19)18(14)11-4-5-11/h10-11H,3-9H2,1-2H3,(H2,15,16,19). The molecule has 2 N–H and O–H groups in total. The topological polar surface area (TPSA) is 61.9 Å². The van der Waals surface area contributed by atoms with Crippen molar-refractivity contribution in [1.29, 1.82) is 0 Å². The van der Waals surface area contributed by atoms with Crippen LogP contribution in [0, 0.1) is 0 Å². The van der Waals surface area contributed by atoms with Crippen molar-refractivity contribution in [2.75, 3.05) is 13.1 Å². The third-order valence-corrected chi connectivity index (χ3v) is 4.85. The van der Waals surface area contributed by atoms with E-state index in [2.05, 4.69) is 23.7 Å². The summed E-state index contributed by atoms with van der Waals surface area (Å²) in [5.74, 6) is 0.565. The number of hydrogen-bond acceptors (Lipinski definition) is 3. The number of rotatable bonds is 2. The van der Waals surface area contributed by atoms with E-state index < -0.39 is 0 Å². The molecule has 5 heteroatoms. The lowest BCUT2D eigenvalue weighted by Crippen LogP contribution is -2.55. The average molecular weight is 264 g/mol. The van der Waals surface area contributed by atoms with Crippen molar-refractivity contribution in [1.82, 2.24) is 9.80 Å². The van der Waals surface area contributed by atoms with Crippen LogP contribution in [0.5, 0.6) is 0 Å². The number of hydrogen-bond donors (Lipinski definition) is 1. The summed E-state index contributed by atoms with van der Waals surface area (Å²) in [6.07, 6.45) is 5.22. The zero-order chi connectivity index (χ0) is 13.6. The molecule has 0 radical (unpaired) electrons. The van der Waals surface area contributed by atoms with Crippen molar-refractivity contribution in [2.45, 2.75) is 63.6 Å². The number of amidine groups is 1. The van der Waals surface area contributed by atoms with E-state index in [0.717, 1.165) is 45.2 Å². The van der Waals surface area contributed by atoms with E-state index in [0.29, 0.717) is 17.9 Å². The van der Waals surface area contributed by atoms with Crippen molar-refractivity contribution in [3.63, 3.8) is 0 Å². The van der Waals surface area contributed by atoms with Crippen molar-refractivity contribution in [3.05, 3.63) is 0 Å². The Labute approximate surface area is 114 Å². The van der Waals surface area contributed by atoms with Gasteiger partial charge in [-0.15, -0.1) is 0 Å². The molecule has 106 valence electrons. The normalized spacial score (nSPS) is 33.1. The molecule has 1 aliphatic carbocycles. The van der Waals surface area contributed by atoms with Crippen LogP contribution in [0.4, 0.5) is 4.79 Å². The fourth-order valence-electron chi connectivity index (χ4n) is 3.56. The minimum atomic E-state index is -0.276. The van der Waals surface area contributed by atoms with Crippen LogP contribution in [0.3, 0.4) is 0 Å². The maximum absolute atomic E-state index is 12.1. The molecule has 0 aromatic carbocycles. The van der Waals surface area contributed by atoms with Crippen LogP contribution in [0.1, 0.15) is 46.0 Å². The van der Waals surface area contributed by atoms with Gasteiger partial charge in [-0.05, 0) is 52.5 Å². The summed E-state index contributed by atoms with van der Waals surface area (Å²) in [6.45, 7) is 6.56. The van der Waals surface area contributed by atoms with Crippen LogP contribution in [0.15, 0.2) is 4.99 Å². The Bertz CT molecular complexity index is 416. The first kappa shape index (κ1) is 12.9. The van der Waals surface area contributed by atoms with Crippen molar-refractivity contribution >= 4 is 11.9 Å². The SMILES string of the molecule is CC(C)N1CCCC2(CC1)C(N)=NC(=O)N2C1CC1. The first-order valence-electron chi connectivity index (χ1n) is 7.46. The molecular formula is C14H24N4O. The molecule has 3 aliphatic rings. The minimum Gasteiger partial charge on any atom is -0.385 e. The maximum atomic E-state index is 12.1. The van der Waals surface area contributed by atoms with Gasteiger partial charge in [-0.3, -0.25) is 0 Å². The molecule has 2 amide bonds. The minimum absolute atomic E-state index is 0.0991. The monoisotopic (exact) mass is 264 g/mol. The Morgan fingerprint density at radius 1 is 1.32 bits per heavy atom. The van der Waals surface area contributed by atoms with Crippen LogP contribution >= 0.6 is 0 Å². The van der Waals surface area contributed by atoms with E-state index in [4.69, 9.17) is 5.73 Å². The third kappa shape index (κ3) is 2.04. The summed E-state index contributed by atoms with van der Waals surface area (Å²) in [4.78, 5) is 20.7. The summed E-state index contributed by atoms with van der Waals surface area (Å²) in [5, 5.41) is 0. The molecule has 0 bridgehead atoms. The molecule has 0 aromatic rings. The smallest absolute Gasteiger partial charge is 0.346 e. The lowest BCUT2D eigenvalue weighted by atomic mass is 9.88. The van der Waals surface area contributed by atoms with Gasteiger partial charge < -0.3 is 15.5 Å². The highest BCUT2D eigenvalue weighted by Crippen LogP contribution is 2.42. The Kier molecular flexibility index (Phi) is 3.04. The summed E-state index contributed by atoms with van der Waals surface area (Å²) < 4.78 is 0. The van der Waals surface area contributed by atoms with Gasteiger partial charge in [0.05, 0.1) is 0 Å². The Morgan fingerprint density at radius 2 is 2.05 bits per heavy atom. The molecule has 1 unspecified atom stereocenters. The summed E-state index contributed by atoms with van der Waals surface area (Å²) in [7, 11) is 0. The number of amides is 2. The quantitative estimate of drug-likeness (QED) is 0.823. The van der Waals surface area contributed by atoms with Crippen molar-refractivity contribution in [2.24, 2.45) is 10.7 Å². The van der Waals surface area contributed by atoms with Gasteiger partial charge in [0.1, 0.15) is 11.4 Å². The zero-order valence-electron chi connectivity index (χ0n) is 11.9. The first-order valence-corrected chi connectivity index (χ1v) is 7.46. The predicted octanol–water partition coefficient (Wildman–Crippen LogP) is 1.57. The summed E-state index contributed by atoms with van der Waals surface area (Å²) in [5.41, 5.74) is 5.87. The molecule has 2 aliphatic heterocycles. The number of carbonyl (C=O) groups is 1. The van der Waals surface area contributed by atoms with Crippen LogP contribution < -0.4 is 5.73 Å². The highest BCUT2D eigenvalue weighted by atomic mass is 16.2. The molecule has 1 saturated carbocycles. The number of likely N-dealkylation sites (tertiary alicyclic amines) is 1. The number of urea groups is 1. The summed E-state index contributed by atoms with van der Waals surface area (Å²) in [6, 6.07) is 0.848. The highest BCUT2D eigenvalue weighted by Gasteiger charge is 2.53. The largest absolute Gasteiger partial charge is 0.385 e. The number of carbonyl (C=O) groups excluding carboxylic acids is 1. The molecule has 1 spiro atoms. The van der Waals surface area contributed by atoms with E-state index in [-0.39, 0.29) is 11.6 Å². The number of aliphatic imine (C=N–C) groups is 1. The molecule has 1 atom stereocenters. The Balaban J connectivity index is 1.84. The van der Waals surface area contributed by atoms with Crippen LogP contribution in [-0.2, 0) is 0 Å². The molecule has 3 rings (SSSR count). The fraction of sp³-hybridized carbons (Fsp3) is 0.857. The Morgan fingerprint density at radius 3 is 2.68 bits per heavy atom. The van der Waals surface area contributed by atoms with Gasteiger partial charge in [0.2, 0.25) is 0 Å². The van der Waals surface area contributed by atoms with Gasteiger partial charge in [0, 0.05) is 18.6 Å². The molecule has 19 heavy (non-hydrogen) atoms. The van der Waals surface area contributed by atoms with Gasteiger partial charge in [-0.1, -0.05) is 0 Å². The van der Waals surface area contributed by atoms with Gasteiger partial charge in [-0.25, -0.2) is 4.79 Å². The summed E-state index contributed by atoms with van der Waals surface area (Å²) >= 11 is 0. The second-order valence-electron chi connectivity index (χ2n) is 6.40. The van der Waals surface area contributed by atoms with Gasteiger partial charge in [-0.2, -0.15) is 4.99 Å². The van der Waals surface area contributed by atoms with Crippen LogP contribution in [0.2, 0.25) is 0 Å². The Hall–Kier alpha value is -1.10. The van der Waals surface area contributed by atoms with E-state index in [9.17, 15) is 4.79 Å². The fourth-order valence-corrected chi connectivity index (χ4v) is 3.56.